The fourth-order valence-electron chi connectivity index (χ4n) is 2.65. The van der Waals surface area contributed by atoms with Crippen LogP contribution in [0.15, 0.2) is 54.6 Å². The fourth-order valence-corrected chi connectivity index (χ4v) is 2.65. The minimum absolute atomic E-state index is 0.0874. The number of nitrogens with one attached hydrogen (secondary N) is 1. The Balaban J connectivity index is 1.64. The standard InChI is InChI=1S/C18H18N2O2/c19-16(21)13-6-8-14(9-7-13)17(22)20-12-18(10-11-18)15-4-2-1-3-5-15/h1-9H,10-12H2,(H2,19,21)(H,20,22). The van der Waals surface area contributed by atoms with Crippen molar-refractivity contribution in [2.75, 3.05) is 6.54 Å². The van der Waals surface area contributed by atoms with Gasteiger partial charge in [-0.2, -0.15) is 0 Å². The zero-order valence-corrected chi connectivity index (χ0v) is 12.2. The Morgan fingerprint density at radius 3 is 2.09 bits per heavy atom. The van der Waals surface area contributed by atoms with Crippen molar-refractivity contribution in [1.29, 1.82) is 0 Å². The zero-order valence-electron chi connectivity index (χ0n) is 12.2. The Morgan fingerprint density at radius 1 is 0.955 bits per heavy atom. The van der Waals surface area contributed by atoms with Crippen molar-refractivity contribution in [3.05, 3.63) is 71.3 Å². The van der Waals surface area contributed by atoms with Crippen LogP contribution in [0, 0.1) is 0 Å². The average Bonchev–Trinajstić information content (AvgIpc) is 3.35. The molecular formula is C18H18N2O2. The molecule has 3 N–H and O–H groups in total. The van der Waals surface area contributed by atoms with E-state index in [-0.39, 0.29) is 11.3 Å². The Kier molecular flexibility index (Phi) is 3.67. The number of rotatable bonds is 5. The summed E-state index contributed by atoms with van der Waals surface area (Å²) in [6.07, 6.45) is 2.19. The molecule has 0 unspecified atom stereocenters. The van der Waals surface area contributed by atoms with Gasteiger partial charge < -0.3 is 11.1 Å². The van der Waals surface area contributed by atoms with Crippen molar-refractivity contribution in [3.8, 4) is 0 Å². The largest absolute Gasteiger partial charge is 0.366 e. The van der Waals surface area contributed by atoms with Crippen LogP contribution in [-0.4, -0.2) is 18.4 Å². The molecule has 1 fully saturated rings. The van der Waals surface area contributed by atoms with Crippen LogP contribution in [-0.2, 0) is 5.41 Å². The fraction of sp³-hybridized carbons (Fsp3) is 0.222. The third-order valence-electron chi connectivity index (χ3n) is 4.26. The normalized spacial score (nSPS) is 15.1. The number of primary amides is 1. The first-order chi connectivity index (χ1) is 10.6. The Morgan fingerprint density at radius 2 is 1.55 bits per heavy atom. The molecule has 22 heavy (non-hydrogen) atoms. The second kappa shape index (κ2) is 5.64. The topological polar surface area (TPSA) is 72.2 Å². The summed E-state index contributed by atoms with van der Waals surface area (Å²) >= 11 is 0. The number of carbonyl (C=O) groups excluding carboxylic acids is 2. The summed E-state index contributed by atoms with van der Waals surface area (Å²) in [4.78, 5) is 23.2. The number of benzene rings is 2. The summed E-state index contributed by atoms with van der Waals surface area (Å²) in [6, 6.07) is 16.7. The highest BCUT2D eigenvalue weighted by molar-refractivity contribution is 5.97. The SMILES string of the molecule is NC(=O)c1ccc(C(=O)NCC2(c3ccccc3)CC2)cc1. The number of nitrogens with two attached hydrogens (primary N) is 1. The highest BCUT2D eigenvalue weighted by Gasteiger charge is 2.44. The molecule has 0 spiro atoms. The van der Waals surface area contributed by atoms with E-state index in [1.165, 1.54) is 5.56 Å². The van der Waals surface area contributed by atoms with Gasteiger partial charge in [0.25, 0.3) is 5.91 Å². The molecule has 0 heterocycles. The molecule has 0 saturated heterocycles. The van der Waals surface area contributed by atoms with Gasteiger partial charge >= 0.3 is 0 Å². The van der Waals surface area contributed by atoms with Crippen LogP contribution >= 0.6 is 0 Å². The lowest BCUT2D eigenvalue weighted by molar-refractivity contribution is 0.0947. The van der Waals surface area contributed by atoms with Crippen molar-refractivity contribution in [1.82, 2.24) is 5.32 Å². The summed E-state index contributed by atoms with van der Waals surface area (Å²) in [5.74, 6) is -0.619. The van der Waals surface area contributed by atoms with E-state index in [1.54, 1.807) is 24.3 Å². The van der Waals surface area contributed by atoms with Crippen LogP contribution in [0.1, 0.15) is 39.1 Å². The lowest BCUT2D eigenvalue weighted by atomic mass is 9.96. The molecule has 1 saturated carbocycles. The van der Waals surface area contributed by atoms with Crippen LogP contribution in [0.3, 0.4) is 0 Å². The summed E-state index contributed by atoms with van der Waals surface area (Å²) in [6.45, 7) is 0.632. The minimum atomic E-state index is -0.493. The zero-order chi connectivity index (χ0) is 15.6. The molecule has 0 radical (unpaired) electrons. The highest BCUT2D eigenvalue weighted by Crippen LogP contribution is 2.47. The van der Waals surface area contributed by atoms with Gasteiger partial charge in [-0.05, 0) is 42.7 Å². The van der Waals surface area contributed by atoms with E-state index in [2.05, 4.69) is 17.4 Å². The van der Waals surface area contributed by atoms with E-state index in [4.69, 9.17) is 5.73 Å². The molecule has 4 heteroatoms. The first-order valence-electron chi connectivity index (χ1n) is 7.34. The molecule has 0 atom stereocenters. The highest BCUT2D eigenvalue weighted by atomic mass is 16.2. The van der Waals surface area contributed by atoms with E-state index in [0.717, 1.165) is 12.8 Å². The maximum atomic E-state index is 12.2. The van der Waals surface area contributed by atoms with Crippen LogP contribution in [0.5, 0.6) is 0 Å². The smallest absolute Gasteiger partial charge is 0.251 e. The first-order valence-corrected chi connectivity index (χ1v) is 7.34. The van der Waals surface area contributed by atoms with Gasteiger partial charge in [-0.1, -0.05) is 30.3 Å². The maximum absolute atomic E-state index is 12.2. The monoisotopic (exact) mass is 294 g/mol. The van der Waals surface area contributed by atoms with Crippen LogP contribution in [0.25, 0.3) is 0 Å². The molecule has 1 aliphatic carbocycles. The summed E-state index contributed by atoms with van der Waals surface area (Å²) in [7, 11) is 0. The van der Waals surface area contributed by atoms with Gasteiger partial charge in [0.1, 0.15) is 0 Å². The second-order valence-corrected chi connectivity index (χ2v) is 5.77. The van der Waals surface area contributed by atoms with Gasteiger partial charge in [-0.3, -0.25) is 9.59 Å². The Bertz CT molecular complexity index is 689. The molecule has 4 nitrogen and oxygen atoms in total. The van der Waals surface area contributed by atoms with Crippen LogP contribution in [0.2, 0.25) is 0 Å². The lowest BCUT2D eigenvalue weighted by Gasteiger charge is -2.16. The second-order valence-electron chi connectivity index (χ2n) is 5.77. The van der Waals surface area contributed by atoms with Gasteiger partial charge in [0, 0.05) is 23.1 Å². The van der Waals surface area contributed by atoms with Crippen LogP contribution in [0.4, 0.5) is 0 Å². The molecule has 2 aromatic carbocycles. The number of carbonyl (C=O) groups is 2. The molecule has 3 rings (SSSR count). The summed E-state index contributed by atoms with van der Waals surface area (Å²) < 4.78 is 0. The predicted molar refractivity (Wildman–Crippen MR) is 84.6 cm³/mol. The maximum Gasteiger partial charge on any atom is 0.251 e. The number of hydrogen-bond donors (Lipinski definition) is 2. The van der Waals surface area contributed by atoms with Crippen molar-refractivity contribution in [2.45, 2.75) is 18.3 Å². The molecule has 112 valence electrons. The predicted octanol–water partition coefficient (Wildman–Crippen LogP) is 2.25. The first kappa shape index (κ1) is 14.3. The molecule has 2 amide bonds. The van der Waals surface area contributed by atoms with Gasteiger partial charge in [0.15, 0.2) is 0 Å². The molecule has 0 aromatic heterocycles. The van der Waals surface area contributed by atoms with Gasteiger partial charge in [0.05, 0.1) is 0 Å². The molecule has 0 bridgehead atoms. The molecular weight excluding hydrogens is 276 g/mol. The van der Waals surface area contributed by atoms with E-state index in [1.807, 2.05) is 18.2 Å². The van der Waals surface area contributed by atoms with E-state index in [9.17, 15) is 9.59 Å². The van der Waals surface area contributed by atoms with E-state index >= 15 is 0 Å². The van der Waals surface area contributed by atoms with Crippen molar-refractivity contribution >= 4 is 11.8 Å². The van der Waals surface area contributed by atoms with Gasteiger partial charge in [-0.15, -0.1) is 0 Å². The summed E-state index contributed by atoms with van der Waals surface area (Å²) in [5.41, 5.74) is 7.49. The van der Waals surface area contributed by atoms with Gasteiger partial charge in [0.2, 0.25) is 5.91 Å². The van der Waals surface area contributed by atoms with Crippen molar-refractivity contribution < 1.29 is 9.59 Å². The van der Waals surface area contributed by atoms with Crippen molar-refractivity contribution in [3.63, 3.8) is 0 Å². The minimum Gasteiger partial charge on any atom is -0.366 e. The Labute approximate surface area is 129 Å². The third kappa shape index (κ3) is 2.86. The van der Waals surface area contributed by atoms with E-state index in [0.29, 0.717) is 17.7 Å². The molecule has 2 aromatic rings. The van der Waals surface area contributed by atoms with E-state index < -0.39 is 5.91 Å². The van der Waals surface area contributed by atoms with Crippen LogP contribution < -0.4 is 11.1 Å². The third-order valence-corrected chi connectivity index (χ3v) is 4.26. The summed E-state index contributed by atoms with van der Waals surface area (Å²) in [5, 5.41) is 2.99. The number of hydrogen-bond acceptors (Lipinski definition) is 2. The quantitative estimate of drug-likeness (QED) is 0.887. The van der Waals surface area contributed by atoms with Gasteiger partial charge in [-0.25, -0.2) is 0 Å². The number of amides is 2. The molecule has 1 aliphatic rings. The molecule has 0 aliphatic heterocycles. The average molecular weight is 294 g/mol. The lowest BCUT2D eigenvalue weighted by Crippen LogP contribution is -2.32. The Hall–Kier alpha value is -2.62. The van der Waals surface area contributed by atoms with Crippen molar-refractivity contribution in [2.24, 2.45) is 5.73 Å².